The van der Waals surface area contributed by atoms with Crippen molar-refractivity contribution in [3.8, 4) is 5.69 Å². The second kappa shape index (κ2) is 9.28. The van der Waals surface area contributed by atoms with Gasteiger partial charge in [-0.1, -0.05) is 29.8 Å². The second-order valence-electron chi connectivity index (χ2n) is 7.54. The Balaban J connectivity index is 1.43. The molecular formula is C22H25ClN6O. The van der Waals surface area contributed by atoms with E-state index < -0.39 is 0 Å². The number of rotatable bonds is 7. The first kappa shape index (κ1) is 20.4. The Kier molecular flexibility index (Phi) is 6.30. The molecule has 1 aliphatic rings. The summed E-state index contributed by atoms with van der Waals surface area (Å²) >= 11 is 6.14. The first-order valence-corrected chi connectivity index (χ1v) is 10.4. The summed E-state index contributed by atoms with van der Waals surface area (Å²) in [5, 5.41) is 7.65. The van der Waals surface area contributed by atoms with Crippen LogP contribution < -0.4 is 10.2 Å². The number of hydrogen-bond acceptors (Lipinski definition) is 5. The lowest BCUT2D eigenvalue weighted by Gasteiger charge is -2.24. The van der Waals surface area contributed by atoms with E-state index in [1.807, 2.05) is 18.0 Å². The Bertz CT molecular complexity index is 1000. The minimum absolute atomic E-state index is 0.111. The summed E-state index contributed by atoms with van der Waals surface area (Å²) in [4.78, 5) is 21.2. The normalized spacial score (nSPS) is 13.8. The molecule has 0 radical (unpaired) electrons. The predicted octanol–water partition coefficient (Wildman–Crippen LogP) is 3.59. The van der Waals surface area contributed by atoms with Crippen molar-refractivity contribution in [3.05, 3.63) is 65.7 Å². The van der Waals surface area contributed by atoms with Crippen LogP contribution in [0.15, 0.2) is 55.1 Å². The number of carbonyl (C=O) groups excluding carboxylic acids is 1. The molecule has 7 nitrogen and oxygen atoms in total. The van der Waals surface area contributed by atoms with Gasteiger partial charge in [-0.05, 0) is 49.7 Å². The Labute approximate surface area is 181 Å². The van der Waals surface area contributed by atoms with E-state index in [1.54, 1.807) is 23.1 Å². The molecule has 0 aliphatic carbocycles. The molecule has 8 heteroatoms. The van der Waals surface area contributed by atoms with Gasteiger partial charge in [0.05, 0.1) is 17.9 Å². The first-order valence-electron chi connectivity index (χ1n) is 10.1. The van der Waals surface area contributed by atoms with Crippen LogP contribution >= 0.6 is 11.6 Å². The van der Waals surface area contributed by atoms with Crippen molar-refractivity contribution in [2.24, 2.45) is 0 Å². The largest absolute Gasteiger partial charge is 0.371 e. The van der Waals surface area contributed by atoms with Crippen LogP contribution in [0.1, 0.15) is 18.4 Å². The summed E-state index contributed by atoms with van der Waals surface area (Å²) in [6.45, 7) is 3.16. The van der Waals surface area contributed by atoms with Crippen molar-refractivity contribution >= 4 is 28.9 Å². The first-order chi connectivity index (χ1) is 14.6. The summed E-state index contributed by atoms with van der Waals surface area (Å²) < 4.78 is 1.60. The van der Waals surface area contributed by atoms with Crippen molar-refractivity contribution in [1.82, 2.24) is 19.7 Å². The molecule has 4 rings (SSSR count). The van der Waals surface area contributed by atoms with Crippen LogP contribution in [0.3, 0.4) is 0 Å². The Morgan fingerprint density at radius 3 is 2.73 bits per heavy atom. The van der Waals surface area contributed by atoms with Gasteiger partial charge in [-0.3, -0.25) is 9.69 Å². The van der Waals surface area contributed by atoms with Gasteiger partial charge in [0.25, 0.3) is 0 Å². The quantitative estimate of drug-likeness (QED) is 0.627. The van der Waals surface area contributed by atoms with E-state index in [-0.39, 0.29) is 12.5 Å². The molecule has 1 aliphatic heterocycles. The monoisotopic (exact) mass is 424 g/mol. The zero-order valence-electron chi connectivity index (χ0n) is 17.0. The van der Waals surface area contributed by atoms with Gasteiger partial charge in [0.2, 0.25) is 5.91 Å². The fourth-order valence-electron chi connectivity index (χ4n) is 3.83. The van der Waals surface area contributed by atoms with E-state index in [0.717, 1.165) is 13.1 Å². The number of likely N-dealkylation sites (N-methyl/N-ethyl adjacent to an activating group) is 1. The van der Waals surface area contributed by atoms with Crippen molar-refractivity contribution < 1.29 is 4.79 Å². The molecule has 30 heavy (non-hydrogen) atoms. The molecule has 1 aromatic heterocycles. The van der Waals surface area contributed by atoms with Crippen LogP contribution in [0.5, 0.6) is 0 Å². The fraction of sp³-hybridized carbons (Fsp3) is 0.318. The molecule has 1 N–H and O–H groups in total. The zero-order chi connectivity index (χ0) is 20.9. The Morgan fingerprint density at radius 1 is 1.17 bits per heavy atom. The SMILES string of the molecule is CN(CC(=O)Nc1cc(Cl)ccc1-n1cncn1)Cc1ccccc1N1CCCC1. The molecule has 3 aromatic rings. The van der Waals surface area contributed by atoms with Gasteiger partial charge in [-0.15, -0.1) is 0 Å². The standard InChI is InChI=1S/C22H25ClN6O/c1-27(13-17-6-2-3-7-20(17)28-10-4-5-11-28)14-22(30)26-19-12-18(23)8-9-21(19)29-16-24-15-25-29/h2-3,6-9,12,15-16H,4-5,10-11,13-14H2,1H3,(H,26,30). The maximum atomic E-state index is 12.7. The number of aromatic nitrogens is 3. The maximum Gasteiger partial charge on any atom is 0.238 e. The molecule has 2 aromatic carbocycles. The molecule has 0 unspecified atom stereocenters. The van der Waals surface area contributed by atoms with Crippen LogP contribution in [0.25, 0.3) is 5.69 Å². The number of carbonyl (C=O) groups is 1. The van der Waals surface area contributed by atoms with Gasteiger partial charge < -0.3 is 10.2 Å². The molecule has 1 amide bonds. The van der Waals surface area contributed by atoms with Gasteiger partial charge in [-0.2, -0.15) is 5.10 Å². The number of nitrogens with zero attached hydrogens (tertiary/aromatic N) is 5. The van der Waals surface area contributed by atoms with E-state index >= 15 is 0 Å². The summed E-state index contributed by atoms with van der Waals surface area (Å²) in [6.07, 6.45) is 5.51. The molecule has 0 bridgehead atoms. The number of amides is 1. The molecule has 1 fully saturated rings. The van der Waals surface area contributed by atoms with Crippen molar-refractivity contribution in [3.63, 3.8) is 0 Å². The third kappa shape index (κ3) is 4.80. The van der Waals surface area contributed by atoms with E-state index in [2.05, 4.69) is 44.6 Å². The molecule has 1 saturated heterocycles. The summed E-state index contributed by atoms with van der Waals surface area (Å²) in [6, 6.07) is 13.7. The predicted molar refractivity (Wildman–Crippen MR) is 119 cm³/mol. The molecule has 0 saturated carbocycles. The van der Waals surface area contributed by atoms with Crippen LogP contribution in [-0.2, 0) is 11.3 Å². The average molecular weight is 425 g/mol. The highest BCUT2D eigenvalue weighted by Crippen LogP contribution is 2.26. The molecule has 2 heterocycles. The van der Waals surface area contributed by atoms with Crippen LogP contribution in [0.4, 0.5) is 11.4 Å². The maximum absolute atomic E-state index is 12.7. The zero-order valence-corrected chi connectivity index (χ0v) is 17.7. The van der Waals surface area contributed by atoms with E-state index in [1.165, 1.54) is 30.4 Å². The van der Waals surface area contributed by atoms with Gasteiger partial charge in [0, 0.05) is 30.3 Å². The number of nitrogens with one attached hydrogen (secondary N) is 1. The molecule has 0 atom stereocenters. The number of anilines is 2. The highest BCUT2D eigenvalue weighted by Gasteiger charge is 2.17. The highest BCUT2D eigenvalue weighted by molar-refractivity contribution is 6.31. The smallest absolute Gasteiger partial charge is 0.238 e. The van der Waals surface area contributed by atoms with Crippen LogP contribution in [-0.4, -0.2) is 52.3 Å². The lowest BCUT2D eigenvalue weighted by molar-refractivity contribution is -0.117. The Hall–Kier alpha value is -2.90. The topological polar surface area (TPSA) is 66.3 Å². The molecule has 0 spiro atoms. The van der Waals surface area contributed by atoms with Gasteiger partial charge >= 0.3 is 0 Å². The highest BCUT2D eigenvalue weighted by atomic mass is 35.5. The van der Waals surface area contributed by atoms with Crippen molar-refractivity contribution in [2.75, 3.05) is 36.9 Å². The average Bonchev–Trinajstić information content (AvgIpc) is 3.43. The fourth-order valence-corrected chi connectivity index (χ4v) is 4.01. The molecular weight excluding hydrogens is 400 g/mol. The van der Waals surface area contributed by atoms with Gasteiger partial charge in [0.15, 0.2) is 0 Å². The van der Waals surface area contributed by atoms with E-state index in [0.29, 0.717) is 22.9 Å². The minimum Gasteiger partial charge on any atom is -0.371 e. The third-order valence-electron chi connectivity index (χ3n) is 5.19. The Morgan fingerprint density at radius 2 is 1.97 bits per heavy atom. The van der Waals surface area contributed by atoms with Crippen molar-refractivity contribution in [1.29, 1.82) is 0 Å². The van der Waals surface area contributed by atoms with Crippen LogP contribution in [0, 0.1) is 0 Å². The van der Waals surface area contributed by atoms with Gasteiger partial charge in [0.1, 0.15) is 12.7 Å². The minimum atomic E-state index is -0.111. The van der Waals surface area contributed by atoms with E-state index in [9.17, 15) is 4.79 Å². The van der Waals surface area contributed by atoms with Crippen molar-refractivity contribution in [2.45, 2.75) is 19.4 Å². The lowest BCUT2D eigenvalue weighted by atomic mass is 10.1. The third-order valence-corrected chi connectivity index (χ3v) is 5.43. The summed E-state index contributed by atoms with van der Waals surface area (Å²) in [5.41, 5.74) is 3.82. The van der Waals surface area contributed by atoms with E-state index in [4.69, 9.17) is 11.6 Å². The second-order valence-corrected chi connectivity index (χ2v) is 7.98. The number of halogens is 1. The summed E-state index contributed by atoms with van der Waals surface area (Å²) in [5.74, 6) is -0.111. The number of benzene rings is 2. The molecule has 156 valence electrons. The number of para-hydroxylation sites is 1. The lowest BCUT2D eigenvalue weighted by Crippen LogP contribution is -2.31. The number of hydrogen-bond donors (Lipinski definition) is 1. The summed E-state index contributed by atoms with van der Waals surface area (Å²) in [7, 11) is 1.96. The van der Waals surface area contributed by atoms with Crippen LogP contribution in [0.2, 0.25) is 5.02 Å². The van der Waals surface area contributed by atoms with Gasteiger partial charge in [-0.25, -0.2) is 9.67 Å².